The monoisotopic (exact) mass is 343 g/mol. The summed E-state index contributed by atoms with van der Waals surface area (Å²) in [5, 5.41) is 7.09. The second-order valence-electron chi connectivity index (χ2n) is 7.43. The van der Waals surface area contributed by atoms with E-state index in [9.17, 15) is 13.2 Å². The van der Waals surface area contributed by atoms with Crippen LogP contribution in [0.25, 0.3) is 0 Å². The number of sulfone groups is 1. The van der Waals surface area contributed by atoms with E-state index in [1.165, 1.54) is 13.8 Å². The fourth-order valence-electron chi connectivity index (χ4n) is 1.95. The Balaban J connectivity index is 3.01. The molecule has 132 valence electrons. The highest BCUT2D eigenvalue weighted by atomic mass is 32.2. The summed E-state index contributed by atoms with van der Waals surface area (Å²) in [5.74, 6) is -0.0153. The van der Waals surface area contributed by atoms with Crippen LogP contribution in [0.5, 0.6) is 0 Å². The number of anilines is 1. The number of rotatable bonds is 6. The molecule has 0 saturated carbocycles. The summed E-state index contributed by atoms with van der Waals surface area (Å²) in [7, 11) is -1.79. The molecule has 0 saturated heterocycles. The molecule has 7 heteroatoms. The number of nitrogens with one attached hydrogen (secondary N) is 1. The Morgan fingerprint density at radius 1 is 1.26 bits per heavy atom. The van der Waals surface area contributed by atoms with Crippen LogP contribution in [0.4, 0.5) is 5.82 Å². The lowest BCUT2D eigenvalue weighted by Gasteiger charge is -2.23. The number of hydrogen-bond acceptors (Lipinski definition) is 4. The molecular weight excluding hydrogens is 314 g/mol. The van der Waals surface area contributed by atoms with Crippen molar-refractivity contribution in [2.24, 2.45) is 7.05 Å². The number of amides is 1. The van der Waals surface area contributed by atoms with Gasteiger partial charge in [-0.25, -0.2) is 8.42 Å². The lowest BCUT2D eigenvalue weighted by Crippen LogP contribution is -2.45. The van der Waals surface area contributed by atoms with Crippen LogP contribution in [0.15, 0.2) is 6.07 Å². The lowest BCUT2D eigenvalue weighted by atomic mass is 9.92. The predicted molar refractivity (Wildman–Crippen MR) is 93.3 cm³/mol. The third-order valence-corrected chi connectivity index (χ3v) is 6.55. The van der Waals surface area contributed by atoms with Crippen molar-refractivity contribution < 1.29 is 13.2 Å². The van der Waals surface area contributed by atoms with Crippen molar-refractivity contribution in [3.8, 4) is 0 Å². The molecule has 1 amide bonds. The van der Waals surface area contributed by atoms with E-state index in [1.54, 1.807) is 17.8 Å². The zero-order valence-electron chi connectivity index (χ0n) is 15.2. The number of carbonyl (C=O) groups excluding carboxylic acids is 1. The Hall–Kier alpha value is -1.37. The average Bonchev–Trinajstić information content (AvgIpc) is 2.77. The second kappa shape index (κ2) is 6.63. The van der Waals surface area contributed by atoms with Gasteiger partial charge < -0.3 is 5.32 Å². The molecule has 0 bridgehead atoms. The maximum atomic E-state index is 12.5. The quantitative estimate of drug-likeness (QED) is 0.861. The third kappa shape index (κ3) is 4.34. The first-order chi connectivity index (χ1) is 10.3. The van der Waals surface area contributed by atoms with E-state index in [-0.39, 0.29) is 11.2 Å². The molecule has 1 aromatic heterocycles. The molecule has 0 aromatic carbocycles. The van der Waals surface area contributed by atoms with Crippen molar-refractivity contribution >= 4 is 21.6 Å². The first-order valence-electron chi connectivity index (χ1n) is 7.91. The zero-order chi connectivity index (χ0) is 18.1. The number of aromatic nitrogens is 2. The van der Waals surface area contributed by atoms with Crippen molar-refractivity contribution in [1.82, 2.24) is 9.78 Å². The molecule has 1 heterocycles. The van der Waals surface area contributed by atoms with Crippen LogP contribution in [0.2, 0.25) is 0 Å². The lowest BCUT2D eigenvalue weighted by molar-refractivity contribution is -0.117. The number of unbranched alkanes of at least 4 members (excludes halogenated alkanes) is 1. The highest BCUT2D eigenvalue weighted by molar-refractivity contribution is 7.93. The van der Waals surface area contributed by atoms with Gasteiger partial charge >= 0.3 is 0 Å². The van der Waals surface area contributed by atoms with Gasteiger partial charge in [0.15, 0.2) is 9.84 Å². The number of nitrogens with zero attached hydrogens (tertiary/aromatic N) is 2. The Morgan fingerprint density at radius 2 is 1.83 bits per heavy atom. The highest BCUT2D eigenvalue weighted by Crippen LogP contribution is 2.25. The summed E-state index contributed by atoms with van der Waals surface area (Å²) >= 11 is 0. The molecule has 0 fully saturated rings. The minimum Gasteiger partial charge on any atom is -0.310 e. The molecule has 1 rings (SSSR count). The van der Waals surface area contributed by atoms with Gasteiger partial charge in [-0.3, -0.25) is 9.48 Å². The van der Waals surface area contributed by atoms with Gasteiger partial charge in [-0.2, -0.15) is 5.10 Å². The molecule has 0 aliphatic heterocycles. The number of carbonyl (C=O) groups is 1. The fraction of sp³-hybridized carbons (Fsp3) is 0.750. The van der Waals surface area contributed by atoms with Gasteiger partial charge in [0.2, 0.25) is 5.91 Å². The Morgan fingerprint density at radius 3 is 2.26 bits per heavy atom. The minimum atomic E-state index is -3.52. The molecule has 1 N–H and O–H groups in total. The third-order valence-electron chi connectivity index (χ3n) is 3.98. The largest absolute Gasteiger partial charge is 0.310 e. The van der Waals surface area contributed by atoms with E-state index in [0.717, 1.165) is 12.1 Å². The first kappa shape index (κ1) is 19.7. The van der Waals surface area contributed by atoms with Crippen LogP contribution in [-0.2, 0) is 27.1 Å². The van der Waals surface area contributed by atoms with Crippen molar-refractivity contribution in [3.63, 3.8) is 0 Å². The zero-order valence-corrected chi connectivity index (χ0v) is 16.0. The SMILES string of the molecule is CCCCS(=O)(=O)C(C)(C)C(=O)Nc1cc(C(C)(C)C)nn1C. The van der Waals surface area contributed by atoms with Gasteiger partial charge in [-0.1, -0.05) is 34.1 Å². The maximum absolute atomic E-state index is 12.5. The van der Waals surface area contributed by atoms with Crippen molar-refractivity contribution in [2.45, 2.75) is 64.5 Å². The van der Waals surface area contributed by atoms with E-state index < -0.39 is 20.5 Å². The van der Waals surface area contributed by atoms with Crippen LogP contribution in [0.3, 0.4) is 0 Å². The molecule has 1 aromatic rings. The van der Waals surface area contributed by atoms with E-state index in [2.05, 4.69) is 10.4 Å². The summed E-state index contributed by atoms with van der Waals surface area (Å²) in [4.78, 5) is 12.5. The summed E-state index contributed by atoms with van der Waals surface area (Å²) in [6.07, 6.45) is 1.33. The fourth-order valence-corrected chi connectivity index (χ4v) is 3.46. The highest BCUT2D eigenvalue weighted by Gasteiger charge is 2.41. The minimum absolute atomic E-state index is 0.0164. The van der Waals surface area contributed by atoms with Crippen molar-refractivity contribution in [1.29, 1.82) is 0 Å². The number of hydrogen-bond donors (Lipinski definition) is 1. The summed E-state index contributed by atoms with van der Waals surface area (Å²) in [5.41, 5.74) is 0.686. The van der Waals surface area contributed by atoms with Crippen LogP contribution in [0, 0.1) is 0 Å². The topological polar surface area (TPSA) is 81.1 Å². The van der Waals surface area contributed by atoms with Gasteiger partial charge in [-0.15, -0.1) is 0 Å². The van der Waals surface area contributed by atoms with E-state index in [1.807, 2.05) is 27.7 Å². The molecule has 0 radical (unpaired) electrons. The standard InChI is InChI=1S/C16H29N3O3S/c1-8-9-10-23(21,22)16(5,6)14(20)17-13-11-12(15(2,3)4)18-19(13)7/h11H,8-10H2,1-7H3,(H,17,20). The summed E-state index contributed by atoms with van der Waals surface area (Å²) in [6, 6.07) is 1.78. The van der Waals surface area contributed by atoms with Gasteiger partial charge in [-0.05, 0) is 20.3 Å². The second-order valence-corrected chi connectivity index (χ2v) is 10.1. The first-order valence-corrected chi connectivity index (χ1v) is 9.56. The van der Waals surface area contributed by atoms with Gasteiger partial charge in [0.25, 0.3) is 0 Å². The van der Waals surface area contributed by atoms with Crippen molar-refractivity contribution in [2.75, 3.05) is 11.1 Å². The van der Waals surface area contributed by atoms with Crippen LogP contribution in [0.1, 0.15) is 60.1 Å². The van der Waals surface area contributed by atoms with E-state index in [0.29, 0.717) is 12.2 Å². The van der Waals surface area contributed by atoms with Crippen molar-refractivity contribution in [3.05, 3.63) is 11.8 Å². The predicted octanol–water partition coefficient (Wildman–Crippen LogP) is 2.65. The normalized spacial score (nSPS) is 13.2. The van der Waals surface area contributed by atoms with Crippen LogP contribution < -0.4 is 5.32 Å². The maximum Gasteiger partial charge on any atom is 0.246 e. The average molecular weight is 343 g/mol. The van der Waals surface area contributed by atoms with E-state index >= 15 is 0 Å². The van der Waals surface area contributed by atoms with Gasteiger partial charge in [0.1, 0.15) is 10.6 Å². The van der Waals surface area contributed by atoms with Crippen LogP contribution >= 0.6 is 0 Å². The molecule has 6 nitrogen and oxygen atoms in total. The van der Waals surface area contributed by atoms with Gasteiger partial charge in [0.05, 0.1) is 11.4 Å². The molecule has 0 aliphatic carbocycles. The molecular formula is C16H29N3O3S. The Bertz CT molecular complexity index is 667. The van der Waals surface area contributed by atoms with Gasteiger partial charge in [0, 0.05) is 18.5 Å². The smallest absolute Gasteiger partial charge is 0.246 e. The molecule has 0 aliphatic rings. The molecule has 0 unspecified atom stereocenters. The Labute approximate surface area is 139 Å². The Kier molecular flexibility index (Phi) is 5.67. The summed E-state index contributed by atoms with van der Waals surface area (Å²) in [6.45, 7) is 10.9. The summed E-state index contributed by atoms with van der Waals surface area (Å²) < 4.78 is 24.9. The van der Waals surface area contributed by atoms with E-state index in [4.69, 9.17) is 0 Å². The van der Waals surface area contributed by atoms with Crippen LogP contribution in [-0.4, -0.2) is 34.6 Å². The molecule has 0 atom stereocenters. The molecule has 0 spiro atoms. The molecule has 23 heavy (non-hydrogen) atoms. The number of aryl methyl sites for hydroxylation is 1.